The minimum Gasteiger partial charge on any atom is -0.381 e. The number of rotatable bonds is 7. The number of carbonyl (C=O) groups excluding carboxylic acids is 1. The largest absolute Gasteiger partial charge is 0.381 e. The molecule has 2 aliphatic rings. The molecule has 1 saturated carbocycles. The van der Waals surface area contributed by atoms with E-state index < -0.39 is 0 Å². The third kappa shape index (κ3) is 2.86. The van der Waals surface area contributed by atoms with Crippen LogP contribution in [-0.2, 0) is 9.53 Å². The fourth-order valence-electron chi connectivity index (χ4n) is 2.59. The maximum Gasteiger partial charge on any atom is 0.244 e. The second kappa shape index (κ2) is 5.57. The van der Waals surface area contributed by atoms with Gasteiger partial charge in [-0.3, -0.25) is 10.1 Å². The molecule has 1 unspecified atom stereocenters. The molecular weight excluding hydrogens is 228 g/mol. The van der Waals surface area contributed by atoms with E-state index in [0.717, 1.165) is 45.4 Å². The number of hydrogen-bond acceptors (Lipinski definition) is 3. The number of hydrogen-bond donors (Lipinski definition) is 1. The second-order valence-corrected chi connectivity index (χ2v) is 5.97. The van der Waals surface area contributed by atoms with Gasteiger partial charge in [-0.25, -0.2) is 0 Å². The van der Waals surface area contributed by atoms with Crippen molar-refractivity contribution in [2.75, 3.05) is 19.8 Å². The van der Waals surface area contributed by atoms with Gasteiger partial charge < -0.3 is 9.64 Å². The normalized spacial score (nSPS) is 25.4. The topological polar surface area (TPSA) is 41.6 Å². The van der Waals surface area contributed by atoms with Crippen LogP contribution in [-0.4, -0.2) is 42.3 Å². The van der Waals surface area contributed by atoms with Crippen LogP contribution in [0.1, 0.15) is 46.5 Å². The van der Waals surface area contributed by atoms with Gasteiger partial charge in [0.15, 0.2) is 0 Å². The fraction of sp³-hybridized carbons (Fsp3) is 0.929. The van der Waals surface area contributed by atoms with Crippen LogP contribution in [0.15, 0.2) is 0 Å². The standard InChI is InChI=1S/C14H26N2O2/c1-4-12-15-14(6-7-14)13(17)16(12)8-5-9-18-10-11(2)3/h11-12,15H,4-10H2,1-3H3. The van der Waals surface area contributed by atoms with E-state index in [4.69, 9.17) is 4.74 Å². The van der Waals surface area contributed by atoms with Gasteiger partial charge >= 0.3 is 0 Å². The summed E-state index contributed by atoms with van der Waals surface area (Å²) in [5, 5.41) is 3.49. The molecule has 1 amide bonds. The molecule has 1 atom stereocenters. The van der Waals surface area contributed by atoms with Gasteiger partial charge in [-0.1, -0.05) is 20.8 Å². The van der Waals surface area contributed by atoms with Crippen molar-refractivity contribution < 1.29 is 9.53 Å². The Hall–Kier alpha value is -0.610. The molecule has 0 bridgehead atoms. The Kier molecular flexibility index (Phi) is 4.28. The van der Waals surface area contributed by atoms with Crippen LogP contribution < -0.4 is 5.32 Å². The summed E-state index contributed by atoms with van der Waals surface area (Å²) in [7, 11) is 0. The molecule has 0 aromatic rings. The first-order valence-corrected chi connectivity index (χ1v) is 7.25. The average Bonchev–Trinajstić information content (AvgIpc) is 3.06. The molecule has 0 aromatic heterocycles. The predicted octanol–water partition coefficient (Wildman–Crippen LogP) is 1.75. The lowest BCUT2D eigenvalue weighted by Gasteiger charge is -2.23. The van der Waals surface area contributed by atoms with Crippen LogP contribution in [0, 0.1) is 5.92 Å². The smallest absolute Gasteiger partial charge is 0.244 e. The lowest BCUT2D eigenvalue weighted by molar-refractivity contribution is -0.131. The van der Waals surface area contributed by atoms with Gasteiger partial charge in [-0.05, 0) is 31.6 Å². The van der Waals surface area contributed by atoms with E-state index in [9.17, 15) is 4.79 Å². The lowest BCUT2D eigenvalue weighted by Crippen LogP contribution is -2.37. The Morgan fingerprint density at radius 2 is 2.22 bits per heavy atom. The van der Waals surface area contributed by atoms with E-state index in [0.29, 0.717) is 11.8 Å². The first-order chi connectivity index (χ1) is 8.59. The highest BCUT2D eigenvalue weighted by atomic mass is 16.5. The highest BCUT2D eigenvalue weighted by molar-refractivity contribution is 5.91. The summed E-state index contributed by atoms with van der Waals surface area (Å²) >= 11 is 0. The molecule has 0 radical (unpaired) electrons. The quantitative estimate of drug-likeness (QED) is 0.704. The third-order valence-corrected chi connectivity index (χ3v) is 3.76. The van der Waals surface area contributed by atoms with Crippen LogP contribution in [0.25, 0.3) is 0 Å². The average molecular weight is 254 g/mol. The van der Waals surface area contributed by atoms with Crippen molar-refractivity contribution >= 4 is 5.91 Å². The van der Waals surface area contributed by atoms with E-state index in [1.807, 2.05) is 4.90 Å². The van der Waals surface area contributed by atoms with Gasteiger partial charge in [0.2, 0.25) is 5.91 Å². The van der Waals surface area contributed by atoms with Crippen LogP contribution in [0.5, 0.6) is 0 Å². The highest BCUT2D eigenvalue weighted by Gasteiger charge is 2.58. The Morgan fingerprint density at radius 1 is 1.50 bits per heavy atom. The van der Waals surface area contributed by atoms with E-state index >= 15 is 0 Å². The second-order valence-electron chi connectivity index (χ2n) is 5.97. The number of ether oxygens (including phenoxy) is 1. The Bertz CT molecular complexity index is 300. The number of carbonyl (C=O) groups is 1. The molecular formula is C14H26N2O2. The molecule has 4 heteroatoms. The zero-order chi connectivity index (χ0) is 13.2. The summed E-state index contributed by atoms with van der Waals surface area (Å²) in [5.74, 6) is 0.899. The predicted molar refractivity (Wildman–Crippen MR) is 71.2 cm³/mol. The molecule has 1 aliphatic heterocycles. The van der Waals surface area contributed by atoms with Crippen molar-refractivity contribution in [3.8, 4) is 0 Å². The van der Waals surface area contributed by atoms with Gasteiger partial charge in [-0.15, -0.1) is 0 Å². The zero-order valence-corrected chi connectivity index (χ0v) is 11.9. The van der Waals surface area contributed by atoms with Crippen LogP contribution in [0.3, 0.4) is 0 Å². The molecule has 104 valence electrons. The van der Waals surface area contributed by atoms with E-state index in [1.54, 1.807) is 0 Å². The number of amides is 1. The molecule has 1 spiro atoms. The maximum atomic E-state index is 12.3. The van der Waals surface area contributed by atoms with Crippen molar-refractivity contribution in [3.63, 3.8) is 0 Å². The van der Waals surface area contributed by atoms with Crippen molar-refractivity contribution in [2.24, 2.45) is 5.92 Å². The molecule has 18 heavy (non-hydrogen) atoms. The first kappa shape index (κ1) is 13.8. The molecule has 1 heterocycles. The summed E-state index contributed by atoms with van der Waals surface area (Å²) in [6.45, 7) is 8.83. The van der Waals surface area contributed by atoms with E-state index in [-0.39, 0.29) is 11.7 Å². The summed E-state index contributed by atoms with van der Waals surface area (Å²) in [5.41, 5.74) is -0.167. The van der Waals surface area contributed by atoms with Gasteiger partial charge in [0.05, 0.1) is 11.7 Å². The van der Waals surface area contributed by atoms with E-state index in [2.05, 4.69) is 26.1 Å². The third-order valence-electron chi connectivity index (χ3n) is 3.76. The minimum absolute atomic E-state index is 0.167. The maximum absolute atomic E-state index is 12.3. The lowest BCUT2D eigenvalue weighted by atomic mass is 10.2. The Balaban J connectivity index is 1.72. The molecule has 4 nitrogen and oxygen atoms in total. The first-order valence-electron chi connectivity index (χ1n) is 7.25. The molecule has 1 saturated heterocycles. The summed E-state index contributed by atoms with van der Waals surface area (Å²) in [6, 6.07) is 0. The molecule has 2 rings (SSSR count). The van der Waals surface area contributed by atoms with Crippen LogP contribution >= 0.6 is 0 Å². The van der Waals surface area contributed by atoms with Crippen molar-refractivity contribution in [1.29, 1.82) is 0 Å². The molecule has 2 fully saturated rings. The van der Waals surface area contributed by atoms with Crippen molar-refractivity contribution in [1.82, 2.24) is 10.2 Å². The summed E-state index contributed by atoms with van der Waals surface area (Å²) in [6.07, 6.45) is 4.20. The zero-order valence-electron chi connectivity index (χ0n) is 11.9. The molecule has 1 N–H and O–H groups in total. The van der Waals surface area contributed by atoms with Gasteiger partial charge in [0.25, 0.3) is 0 Å². The summed E-state index contributed by atoms with van der Waals surface area (Å²) in [4.78, 5) is 14.3. The molecule has 0 aromatic carbocycles. The van der Waals surface area contributed by atoms with Crippen molar-refractivity contribution in [2.45, 2.75) is 58.2 Å². The Labute approximate surface area is 110 Å². The summed E-state index contributed by atoms with van der Waals surface area (Å²) < 4.78 is 5.57. The monoisotopic (exact) mass is 254 g/mol. The number of nitrogens with one attached hydrogen (secondary N) is 1. The SMILES string of the molecule is CCC1NC2(CC2)C(=O)N1CCCOCC(C)C. The van der Waals surface area contributed by atoms with Crippen LogP contribution in [0.4, 0.5) is 0 Å². The van der Waals surface area contributed by atoms with Crippen molar-refractivity contribution in [3.05, 3.63) is 0 Å². The van der Waals surface area contributed by atoms with Gasteiger partial charge in [-0.2, -0.15) is 0 Å². The van der Waals surface area contributed by atoms with Crippen LogP contribution in [0.2, 0.25) is 0 Å². The van der Waals surface area contributed by atoms with E-state index in [1.165, 1.54) is 0 Å². The minimum atomic E-state index is -0.167. The van der Waals surface area contributed by atoms with Gasteiger partial charge in [0, 0.05) is 19.8 Å². The highest BCUT2D eigenvalue weighted by Crippen LogP contribution is 2.42. The molecule has 1 aliphatic carbocycles. The van der Waals surface area contributed by atoms with Gasteiger partial charge in [0.1, 0.15) is 0 Å². The number of nitrogens with zero attached hydrogens (tertiary/aromatic N) is 1. The fourth-order valence-corrected chi connectivity index (χ4v) is 2.59. The Morgan fingerprint density at radius 3 is 2.78 bits per heavy atom.